The first kappa shape index (κ1) is 17.1. The molecular formula is C18H25N9O2. The summed E-state index contributed by atoms with van der Waals surface area (Å²) in [4.78, 5) is 24.2. The predicted octanol–water partition coefficient (Wildman–Crippen LogP) is -2.50. The normalized spacial score (nSPS) is 46.6. The summed E-state index contributed by atoms with van der Waals surface area (Å²) in [5.41, 5.74) is 17.2. The smallest absolute Gasteiger partial charge is 0.272 e. The van der Waals surface area contributed by atoms with Crippen molar-refractivity contribution in [2.75, 3.05) is 13.1 Å². The zero-order chi connectivity index (χ0) is 20.3. The zero-order valence-corrected chi connectivity index (χ0v) is 16.0. The van der Waals surface area contributed by atoms with Crippen LogP contribution in [0.3, 0.4) is 0 Å². The molecule has 4 aliphatic heterocycles. The highest BCUT2D eigenvalue weighted by Gasteiger charge is 2.78. The van der Waals surface area contributed by atoms with Crippen molar-refractivity contribution in [3.63, 3.8) is 0 Å². The Bertz CT molecular complexity index is 988. The van der Waals surface area contributed by atoms with Gasteiger partial charge in [0, 0.05) is 18.7 Å². The number of nitrogens with zero attached hydrogens (tertiary/aromatic N) is 4. The molecule has 0 aromatic carbocycles. The van der Waals surface area contributed by atoms with Crippen molar-refractivity contribution in [2.45, 2.75) is 30.5 Å². The highest BCUT2D eigenvalue weighted by atomic mass is 16.3. The first-order chi connectivity index (χ1) is 13.9. The summed E-state index contributed by atoms with van der Waals surface area (Å²) >= 11 is 0. The first-order valence-electron chi connectivity index (χ1n) is 9.96. The Balaban J connectivity index is 1.60. The van der Waals surface area contributed by atoms with E-state index in [4.69, 9.17) is 17.2 Å². The fourth-order valence-corrected chi connectivity index (χ4v) is 7.02. The molecule has 1 amide bonds. The van der Waals surface area contributed by atoms with Crippen molar-refractivity contribution in [3.05, 3.63) is 24.0 Å². The Hall–Kier alpha value is -2.79. The molecule has 1 saturated heterocycles. The number of aliphatic hydroxyl groups excluding tert-OH is 1. The van der Waals surface area contributed by atoms with Gasteiger partial charge in [0.05, 0.1) is 5.54 Å². The molecular weight excluding hydrogens is 374 g/mol. The van der Waals surface area contributed by atoms with Crippen LogP contribution in [0.1, 0.15) is 23.6 Å². The molecule has 9 N–H and O–H groups in total. The third kappa shape index (κ3) is 1.63. The van der Waals surface area contributed by atoms with Crippen LogP contribution in [-0.2, 0) is 0 Å². The zero-order valence-electron chi connectivity index (χ0n) is 16.0. The van der Waals surface area contributed by atoms with E-state index < -0.39 is 23.6 Å². The van der Waals surface area contributed by atoms with Crippen LogP contribution < -0.4 is 27.8 Å². The van der Waals surface area contributed by atoms with Gasteiger partial charge < -0.3 is 42.4 Å². The maximum Gasteiger partial charge on any atom is 0.272 e. The number of carbonyl (C=O) groups is 1. The van der Waals surface area contributed by atoms with Gasteiger partial charge in [-0.2, -0.15) is 0 Å². The summed E-state index contributed by atoms with van der Waals surface area (Å²) in [6.45, 7) is 3.01. The Morgan fingerprint density at radius 3 is 2.76 bits per heavy atom. The van der Waals surface area contributed by atoms with E-state index in [1.807, 2.05) is 21.7 Å². The minimum Gasteiger partial charge on any atom is -0.370 e. The largest absolute Gasteiger partial charge is 0.370 e. The van der Waals surface area contributed by atoms with E-state index in [0.29, 0.717) is 18.8 Å². The van der Waals surface area contributed by atoms with E-state index in [-0.39, 0.29) is 41.5 Å². The van der Waals surface area contributed by atoms with E-state index in [2.05, 4.69) is 27.5 Å². The van der Waals surface area contributed by atoms with E-state index in [1.165, 1.54) is 0 Å². The second-order valence-electron chi connectivity index (χ2n) is 8.83. The van der Waals surface area contributed by atoms with Crippen LogP contribution in [0.15, 0.2) is 28.3 Å². The summed E-state index contributed by atoms with van der Waals surface area (Å²) in [5, 5.41) is 17.7. The molecule has 154 valence electrons. The number of rotatable bonds is 1. The summed E-state index contributed by atoms with van der Waals surface area (Å²) in [6, 6.07) is 3.64. The fraction of sp³-hybridized carbons (Fsp3) is 0.611. The molecule has 1 aliphatic carbocycles. The van der Waals surface area contributed by atoms with E-state index in [0.717, 1.165) is 0 Å². The van der Waals surface area contributed by atoms with Crippen molar-refractivity contribution in [2.24, 2.45) is 50.9 Å². The van der Waals surface area contributed by atoms with Gasteiger partial charge in [-0.3, -0.25) is 4.79 Å². The Labute approximate surface area is 167 Å². The van der Waals surface area contributed by atoms with Crippen LogP contribution in [0.2, 0.25) is 0 Å². The minimum absolute atomic E-state index is 0.0238. The van der Waals surface area contributed by atoms with Crippen molar-refractivity contribution in [1.82, 2.24) is 20.1 Å². The Morgan fingerprint density at radius 2 is 2.07 bits per heavy atom. The molecule has 11 nitrogen and oxygen atoms in total. The number of aliphatic hydroxyl groups is 1. The third-order valence-corrected chi connectivity index (χ3v) is 8.00. The van der Waals surface area contributed by atoms with Crippen molar-refractivity contribution >= 4 is 17.8 Å². The molecule has 1 aromatic rings. The van der Waals surface area contributed by atoms with Gasteiger partial charge in [-0.25, -0.2) is 9.98 Å². The number of carbonyl (C=O) groups excluding carboxylic acids is 1. The van der Waals surface area contributed by atoms with E-state index in [1.54, 1.807) is 6.07 Å². The lowest BCUT2D eigenvalue weighted by Gasteiger charge is -2.51. The third-order valence-electron chi connectivity index (χ3n) is 8.00. The molecule has 0 bridgehead atoms. The molecule has 8 atom stereocenters. The lowest BCUT2D eigenvalue weighted by atomic mass is 9.71. The summed E-state index contributed by atoms with van der Waals surface area (Å²) in [6.07, 6.45) is 0.348. The Kier molecular flexibility index (Phi) is 2.97. The fourth-order valence-electron chi connectivity index (χ4n) is 7.02. The van der Waals surface area contributed by atoms with E-state index in [9.17, 15) is 9.90 Å². The molecule has 2 fully saturated rings. The lowest BCUT2D eigenvalue weighted by Crippen LogP contribution is -2.73. The number of nitrogens with two attached hydrogens (primary N) is 3. The van der Waals surface area contributed by atoms with Crippen LogP contribution in [0.5, 0.6) is 0 Å². The van der Waals surface area contributed by atoms with Crippen LogP contribution in [-0.4, -0.2) is 62.9 Å². The second-order valence-corrected chi connectivity index (χ2v) is 8.83. The van der Waals surface area contributed by atoms with Gasteiger partial charge in [0.25, 0.3) is 5.91 Å². The maximum atomic E-state index is 13.5. The molecule has 5 aliphatic rings. The number of hydrogen-bond donors (Lipinski definition) is 6. The van der Waals surface area contributed by atoms with Crippen molar-refractivity contribution in [3.8, 4) is 0 Å². The van der Waals surface area contributed by atoms with Crippen LogP contribution in [0, 0.1) is 23.7 Å². The standard InChI is InChI=1S/C18H25N9O2/c1-7-8(5-19)9-6-27-12(28)10-3-2-4-26(10)13-18(27,25-15(20)22-13)11(9)17(7)14(29)23-16(21)24-17/h2-4,7-9,11,13-14,29H,5-6,19H2,1H3,(H3,20,22,25)(H3,21,23,24)/t7-,8+,9+,11+,13+,14+,17-,18?/m0/s1. The predicted molar refractivity (Wildman–Crippen MR) is 104 cm³/mol. The van der Waals surface area contributed by atoms with Gasteiger partial charge in [0.1, 0.15) is 5.69 Å². The van der Waals surface area contributed by atoms with Crippen LogP contribution in [0.4, 0.5) is 0 Å². The average molecular weight is 399 g/mol. The van der Waals surface area contributed by atoms with Crippen molar-refractivity contribution in [1.29, 1.82) is 0 Å². The first-order valence-corrected chi connectivity index (χ1v) is 9.96. The van der Waals surface area contributed by atoms with Crippen LogP contribution in [0.25, 0.3) is 0 Å². The molecule has 2 spiro atoms. The average Bonchev–Trinajstić information content (AvgIpc) is 3.42. The molecule has 29 heavy (non-hydrogen) atoms. The summed E-state index contributed by atoms with van der Waals surface area (Å²) in [7, 11) is 0. The monoisotopic (exact) mass is 399 g/mol. The maximum absolute atomic E-state index is 13.5. The molecule has 1 aromatic heterocycles. The number of amides is 1. The van der Waals surface area contributed by atoms with Crippen LogP contribution >= 0.6 is 0 Å². The topological polar surface area (TPSA) is 172 Å². The van der Waals surface area contributed by atoms with Gasteiger partial charge in [-0.1, -0.05) is 6.92 Å². The van der Waals surface area contributed by atoms with E-state index >= 15 is 0 Å². The minimum atomic E-state index is -1.05. The van der Waals surface area contributed by atoms with Gasteiger partial charge >= 0.3 is 0 Å². The lowest BCUT2D eigenvalue weighted by molar-refractivity contribution is -0.0404. The number of aromatic nitrogens is 1. The quantitative estimate of drug-likeness (QED) is 0.303. The highest BCUT2D eigenvalue weighted by molar-refractivity contribution is 5.96. The SMILES string of the molecule is C[C@H]1[C@@H](CN)[C@H]2CN3C(=O)c4cccn4[C@H]4N=C(N)NC43[C@H]2[C@@]12NC(N)=N[C@@H]2O. The molecule has 11 heteroatoms. The summed E-state index contributed by atoms with van der Waals surface area (Å²) < 4.78 is 1.87. The van der Waals surface area contributed by atoms with Gasteiger partial charge in [0.15, 0.2) is 30.0 Å². The molecule has 0 radical (unpaired) electrons. The molecule has 1 unspecified atom stereocenters. The van der Waals surface area contributed by atoms with Gasteiger partial charge in [-0.15, -0.1) is 0 Å². The number of nitrogens with one attached hydrogen (secondary N) is 2. The second kappa shape index (κ2) is 5.03. The molecule has 6 rings (SSSR count). The Morgan fingerprint density at radius 1 is 1.31 bits per heavy atom. The number of guanidine groups is 2. The number of aliphatic imine (C=N–C) groups is 2. The summed E-state index contributed by atoms with van der Waals surface area (Å²) in [5.74, 6) is 0.204. The molecule has 1 saturated carbocycles. The van der Waals surface area contributed by atoms with Gasteiger partial charge in [-0.05, 0) is 36.4 Å². The number of hydrogen-bond acceptors (Lipinski definition) is 9. The highest BCUT2D eigenvalue weighted by Crippen LogP contribution is 2.63. The van der Waals surface area contributed by atoms with Gasteiger partial charge in [0.2, 0.25) is 0 Å². The number of fused-ring (bicyclic) bond motifs is 4. The molecule has 5 heterocycles. The van der Waals surface area contributed by atoms with Crippen molar-refractivity contribution < 1.29 is 9.90 Å².